The molecule has 1 N–H and O–H groups in total. The average molecular weight is 324 g/mol. The van der Waals surface area contributed by atoms with E-state index >= 15 is 0 Å². The number of aromatic nitrogens is 2. The van der Waals surface area contributed by atoms with Crippen molar-refractivity contribution in [2.24, 2.45) is 7.05 Å². The summed E-state index contributed by atoms with van der Waals surface area (Å²) in [4.78, 5) is 11.0. The van der Waals surface area contributed by atoms with Crippen molar-refractivity contribution in [1.29, 1.82) is 0 Å². The minimum atomic E-state index is -3.63. The highest BCUT2D eigenvalue weighted by Gasteiger charge is 2.29. The third kappa shape index (κ3) is 2.19. The van der Waals surface area contributed by atoms with Gasteiger partial charge in [0.25, 0.3) is 0 Å². The van der Waals surface area contributed by atoms with Gasteiger partial charge < -0.3 is 14.6 Å². The topological polar surface area (TPSA) is 108 Å². The normalized spacial score (nSPS) is 13.4. The summed E-state index contributed by atoms with van der Waals surface area (Å²) < 4.78 is 36.1. The molecule has 116 valence electrons. The first-order valence-electron chi connectivity index (χ1n) is 6.19. The molecule has 8 nitrogen and oxygen atoms in total. The van der Waals surface area contributed by atoms with Crippen LogP contribution in [0.15, 0.2) is 23.1 Å². The smallest absolute Gasteiger partial charge is 0.356 e. The summed E-state index contributed by atoms with van der Waals surface area (Å²) in [5.41, 5.74) is 0.500. The summed E-state index contributed by atoms with van der Waals surface area (Å²) in [5.74, 6) is -0.716. The summed E-state index contributed by atoms with van der Waals surface area (Å²) in [5, 5.41) is 12.9. The molecule has 0 unspecified atom stereocenters. The van der Waals surface area contributed by atoms with Crippen molar-refractivity contribution in [3.05, 3.63) is 23.9 Å². The number of carboxylic acid groups (broad SMARTS) is 1. The first-order valence-corrected chi connectivity index (χ1v) is 8.08. The molecule has 22 heavy (non-hydrogen) atoms. The van der Waals surface area contributed by atoms with E-state index in [1.165, 1.54) is 10.7 Å². The fourth-order valence-corrected chi connectivity index (χ4v) is 3.41. The average Bonchev–Trinajstić information content (AvgIpc) is 3.01. The summed E-state index contributed by atoms with van der Waals surface area (Å²) in [6, 6.07) is 4.45. The van der Waals surface area contributed by atoms with Crippen LogP contribution in [0.1, 0.15) is 10.5 Å². The Morgan fingerprint density at radius 3 is 2.68 bits per heavy atom. The minimum absolute atomic E-state index is 0.0394. The van der Waals surface area contributed by atoms with Gasteiger partial charge in [-0.15, -0.1) is 0 Å². The Bertz CT molecular complexity index is 884. The van der Waals surface area contributed by atoms with Crippen LogP contribution in [0.4, 0.5) is 0 Å². The standard InChI is InChI=1S/C13H12N2O6S/c1-15-9(5-8(14-15)13(16)17)7-3-4-10-11(21-6-20-10)12(7)22(2,18)19/h3-5H,6H2,1-2H3,(H,16,17). The Morgan fingerprint density at radius 1 is 1.36 bits per heavy atom. The van der Waals surface area contributed by atoms with Gasteiger partial charge in [-0.3, -0.25) is 4.68 Å². The van der Waals surface area contributed by atoms with Crippen molar-refractivity contribution in [3.8, 4) is 22.8 Å². The number of carboxylic acids is 1. The molecule has 2 aromatic rings. The second kappa shape index (κ2) is 4.73. The van der Waals surface area contributed by atoms with E-state index in [4.69, 9.17) is 14.6 Å². The van der Waals surface area contributed by atoms with Gasteiger partial charge in [-0.1, -0.05) is 0 Å². The quantitative estimate of drug-likeness (QED) is 0.894. The predicted octanol–water partition coefficient (Wildman–Crippen LogP) is 0.917. The molecule has 0 fully saturated rings. The highest BCUT2D eigenvalue weighted by Crippen LogP contribution is 2.43. The number of aryl methyl sites for hydroxylation is 1. The molecular weight excluding hydrogens is 312 g/mol. The number of fused-ring (bicyclic) bond motifs is 1. The molecule has 9 heteroatoms. The Balaban J connectivity index is 2.31. The van der Waals surface area contributed by atoms with Crippen molar-refractivity contribution in [2.75, 3.05) is 13.0 Å². The maximum absolute atomic E-state index is 12.2. The van der Waals surface area contributed by atoms with E-state index in [0.29, 0.717) is 17.0 Å². The van der Waals surface area contributed by atoms with Crippen molar-refractivity contribution in [2.45, 2.75) is 4.90 Å². The fraction of sp³-hybridized carbons (Fsp3) is 0.231. The molecule has 0 radical (unpaired) electrons. The van der Waals surface area contributed by atoms with Gasteiger partial charge >= 0.3 is 5.97 Å². The second-order valence-electron chi connectivity index (χ2n) is 4.79. The molecule has 1 aliphatic rings. The molecule has 3 rings (SSSR count). The number of carbonyl (C=O) groups is 1. The third-order valence-electron chi connectivity index (χ3n) is 3.24. The Kier molecular flexibility index (Phi) is 3.10. The van der Waals surface area contributed by atoms with Crippen LogP contribution in [-0.2, 0) is 16.9 Å². The molecule has 0 atom stereocenters. The van der Waals surface area contributed by atoms with Crippen molar-refractivity contribution >= 4 is 15.8 Å². The molecule has 2 heterocycles. The first kappa shape index (κ1) is 14.4. The van der Waals surface area contributed by atoms with Gasteiger partial charge in [0, 0.05) is 18.9 Å². The van der Waals surface area contributed by atoms with Crippen LogP contribution in [0.3, 0.4) is 0 Å². The van der Waals surface area contributed by atoms with Crippen LogP contribution in [0.5, 0.6) is 11.5 Å². The Labute approximate surface area is 125 Å². The zero-order valence-electron chi connectivity index (χ0n) is 11.7. The molecule has 1 aromatic heterocycles. The van der Waals surface area contributed by atoms with Gasteiger partial charge in [0.1, 0.15) is 4.90 Å². The van der Waals surface area contributed by atoms with Crippen LogP contribution in [0.2, 0.25) is 0 Å². The third-order valence-corrected chi connectivity index (χ3v) is 4.39. The molecule has 0 spiro atoms. The lowest BCUT2D eigenvalue weighted by Crippen LogP contribution is -2.04. The summed E-state index contributed by atoms with van der Waals surface area (Å²) in [6.07, 6.45) is 1.06. The van der Waals surface area contributed by atoms with Gasteiger partial charge in [-0.05, 0) is 18.2 Å². The molecule has 0 amide bonds. The molecule has 0 aliphatic carbocycles. The lowest BCUT2D eigenvalue weighted by atomic mass is 10.1. The van der Waals surface area contributed by atoms with E-state index in [1.54, 1.807) is 19.2 Å². The van der Waals surface area contributed by atoms with Crippen molar-refractivity contribution in [1.82, 2.24) is 9.78 Å². The van der Waals surface area contributed by atoms with E-state index in [9.17, 15) is 13.2 Å². The van der Waals surface area contributed by atoms with E-state index in [-0.39, 0.29) is 23.1 Å². The molecule has 0 saturated heterocycles. The lowest BCUT2D eigenvalue weighted by molar-refractivity contribution is 0.0689. The van der Waals surface area contributed by atoms with Crippen LogP contribution >= 0.6 is 0 Å². The summed E-state index contributed by atoms with van der Waals surface area (Å²) in [6.45, 7) is -0.0624. The highest BCUT2D eigenvalue weighted by atomic mass is 32.2. The van der Waals surface area contributed by atoms with E-state index in [0.717, 1.165) is 6.26 Å². The van der Waals surface area contributed by atoms with Crippen LogP contribution in [0, 0.1) is 0 Å². The van der Waals surface area contributed by atoms with E-state index in [1.807, 2.05) is 0 Å². The van der Waals surface area contributed by atoms with Crippen molar-refractivity contribution in [3.63, 3.8) is 0 Å². The number of nitrogens with zero attached hydrogens (tertiary/aromatic N) is 2. The van der Waals surface area contributed by atoms with Gasteiger partial charge in [0.2, 0.25) is 6.79 Å². The zero-order chi connectivity index (χ0) is 16.1. The predicted molar refractivity (Wildman–Crippen MR) is 74.8 cm³/mol. The van der Waals surface area contributed by atoms with E-state index in [2.05, 4.69) is 5.10 Å². The SMILES string of the molecule is Cn1nc(C(=O)O)cc1-c1ccc2c(c1S(C)(=O)=O)OCO2. The number of aromatic carboxylic acids is 1. The molecule has 0 bridgehead atoms. The van der Waals surface area contributed by atoms with Crippen LogP contribution in [0.25, 0.3) is 11.3 Å². The first-order chi connectivity index (χ1) is 10.3. The maximum Gasteiger partial charge on any atom is 0.356 e. The number of benzene rings is 1. The lowest BCUT2D eigenvalue weighted by Gasteiger charge is -2.11. The zero-order valence-corrected chi connectivity index (χ0v) is 12.5. The monoisotopic (exact) mass is 324 g/mol. The molecule has 1 aliphatic heterocycles. The molecular formula is C13H12N2O6S. The second-order valence-corrected chi connectivity index (χ2v) is 6.74. The molecule has 1 aromatic carbocycles. The summed E-state index contributed by atoms with van der Waals surface area (Å²) >= 11 is 0. The maximum atomic E-state index is 12.2. The largest absolute Gasteiger partial charge is 0.476 e. The fourth-order valence-electron chi connectivity index (χ4n) is 2.34. The Hall–Kier alpha value is -2.55. The van der Waals surface area contributed by atoms with Gasteiger partial charge in [0.05, 0.1) is 5.69 Å². The van der Waals surface area contributed by atoms with Crippen LogP contribution < -0.4 is 9.47 Å². The Morgan fingerprint density at radius 2 is 2.09 bits per heavy atom. The van der Waals surface area contributed by atoms with Gasteiger partial charge in [0.15, 0.2) is 27.0 Å². The van der Waals surface area contributed by atoms with Gasteiger partial charge in [-0.25, -0.2) is 13.2 Å². The van der Waals surface area contributed by atoms with Gasteiger partial charge in [-0.2, -0.15) is 5.10 Å². The minimum Gasteiger partial charge on any atom is -0.476 e. The number of rotatable bonds is 3. The summed E-state index contributed by atoms with van der Waals surface area (Å²) in [7, 11) is -2.09. The number of sulfone groups is 1. The van der Waals surface area contributed by atoms with E-state index < -0.39 is 15.8 Å². The molecule has 0 saturated carbocycles. The van der Waals surface area contributed by atoms with Crippen molar-refractivity contribution < 1.29 is 27.8 Å². The number of ether oxygens (including phenoxy) is 2. The number of hydrogen-bond donors (Lipinski definition) is 1. The highest BCUT2D eigenvalue weighted by molar-refractivity contribution is 7.91. The van der Waals surface area contributed by atoms with Crippen LogP contribution in [-0.4, -0.2) is 42.3 Å². The number of hydrogen-bond acceptors (Lipinski definition) is 6.